The predicted octanol–water partition coefficient (Wildman–Crippen LogP) is 2.97. The van der Waals surface area contributed by atoms with Crippen molar-refractivity contribution >= 4 is 16.3 Å². The van der Waals surface area contributed by atoms with E-state index in [2.05, 4.69) is 42.1 Å². The zero-order valence-corrected chi connectivity index (χ0v) is 12.6. The van der Waals surface area contributed by atoms with Crippen LogP contribution in [0, 0.1) is 13.8 Å². The van der Waals surface area contributed by atoms with Crippen LogP contribution in [0.1, 0.15) is 22.6 Å². The highest BCUT2D eigenvalue weighted by molar-refractivity contribution is 7.16. The van der Waals surface area contributed by atoms with Gasteiger partial charge in [0.2, 0.25) is 4.96 Å². The molecule has 0 unspecified atom stereocenters. The molecule has 1 aromatic carbocycles. The third-order valence-electron chi connectivity index (χ3n) is 3.34. The van der Waals surface area contributed by atoms with Crippen molar-refractivity contribution in [1.82, 2.24) is 14.6 Å². The summed E-state index contributed by atoms with van der Waals surface area (Å²) in [6, 6.07) is 6.44. The van der Waals surface area contributed by atoms with E-state index >= 15 is 0 Å². The zero-order valence-electron chi connectivity index (χ0n) is 11.8. The average molecular weight is 286 g/mol. The van der Waals surface area contributed by atoms with Crippen LogP contribution in [0.15, 0.2) is 24.4 Å². The van der Waals surface area contributed by atoms with Crippen molar-refractivity contribution in [1.29, 1.82) is 0 Å². The molecule has 0 saturated carbocycles. The Bertz CT molecular complexity index is 710. The van der Waals surface area contributed by atoms with Gasteiger partial charge < -0.3 is 5.73 Å². The smallest absolute Gasteiger partial charge is 0.212 e. The molecule has 2 aromatic heterocycles. The summed E-state index contributed by atoms with van der Waals surface area (Å²) in [4.78, 5) is 5.64. The highest BCUT2D eigenvalue weighted by Gasteiger charge is 2.11. The maximum absolute atomic E-state index is 5.53. The first-order valence-electron chi connectivity index (χ1n) is 6.80. The van der Waals surface area contributed by atoms with Crippen molar-refractivity contribution in [3.05, 3.63) is 40.5 Å². The van der Waals surface area contributed by atoms with E-state index in [1.54, 1.807) is 11.3 Å². The molecule has 0 aliphatic rings. The fraction of sp³-hybridized carbons (Fsp3) is 0.333. The Labute approximate surface area is 122 Å². The molecule has 4 nitrogen and oxygen atoms in total. The molecule has 0 fully saturated rings. The molecule has 5 heteroatoms. The zero-order chi connectivity index (χ0) is 14.1. The Kier molecular flexibility index (Phi) is 3.54. The Balaban J connectivity index is 1.95. The van der Waals surface area contributed by atoms with Crippen molar-refractivity contribution in [3.63, 3.8) is 0 Å². The summed E-state index contributed by atoms with van der Waals surface area (Å²) in [5.74, 6) is 0. The van der Waals surface area contributed by atoms with Crippen molar-refractivity contribution < 1.29 is 0 Å². The normalized spacial score (nSPS) is 11.3. The van der Waals surface area contributed by atoms with Gasteiger partial charge in [-0.2, -0.15) is 5.10 Å². The number of rotatable bonds is 4. The van der Waals surface area contributed by atoms with Crippen LogP contribution in [0.5, 0.6) is 0 Å². The lowest BCUT2D eigenvalue weighted by Crippen LogP contribution is -2.00. The second kappa shape index (κ2) is 5.34. The first-order valence-corrected chi connectivity index (χ1v) is 7.62. The quantitative estimate of drug-likeness (QED) is 0.802. The maximum Gasteiger partial charge on any atom is 0.212 e. The molecular formula is C15H18N4S. The standard InChI is InChI=1S/C15H18N4S/c1-10-5-6-12(11(2)8-10)13-9-19-15(17-13)20-14(18-19)4-3-7-16/h5-6,8-9H,3-4,7,16H2,1-2H3. The average Bonchev–Trinajstić information content (AvgIpc) is 2.94. The fourth-order valence-electron chi connectivity index (χ4n) is 2.33. The molecule has 3 rings (SSSR count). The molecule has 0 amide bonds. The Hall–Kier alpha value is -1.72. The van der Waals surface area contributed by atoms with Gasteiger partial charge in [-0.3, -0.25) is 0 Å². The summed E-state index contributed by atoms with van der Waals surface area (Å²) in [6.07, 6.45) is 3.92. The number of hydrogen-bond acceptors (Lipinski definition) is 4. The fourth-order valence-corrected chi connectivity index (χ4v) is 3.24. The summed E-state index contributed by atoms with van der Waals surface area (Å²) in [5.41, 5.74) is 10.2. The number of aromatic nitrogens is 3. The second-order valence-electron chi connectivity index (χ2n) is 5.06. The van der Waals surface area contributed by atoms with Crippen LogP contribution < -0.4 is 5.73 Å². The lowest BCUT2D eigenvalue weighted by Gasteiger charge is -2.03. The highest BCUT2D eigenvalue weighted by atomic mass is 32.1. The summed E-state index contributed by atoms with van der Waals surface area (Å²) in [7, 11) is 0. The van der Waals surface area contributed by atoms with Gasteiger partial charge in [-0.15, -0.1) is 0 Å². The number of nitrogens with two attached hydrogens (primary N) is 1. The summed E-state index contributed by atoms with van der Waals surface area (Å²) in [5, 5.41) is 5.66. The molecule has 3 aromatic rings. The minimum atomic E-state index is 0.704. The van der Waals surface area contributed by atoms with Gasteiger partial charge in [-0.25, -0.2) is 9.50 Å². The van der Waals surface area contributed by atoms with Gasteiger partial charge in [-0.05, 0) is 32.4 Å². The van der Waals surface area contributed by atoms with E-state index in [0.717, 1.165) is 28.5 Å². The molecule has 0 saturated heterocycles. The largest absolute Gasteiger partial charge is 0.330 e. The summed E-state index contributed by atoms with van der Waals surface area (Å²) < 4.78 is 1.88. The van der Waals surface area contributed by atoms with E-state index in [1.165, 1.54) is 16.7 Å². The van der Waals surface area contributed by atoms with E-state index in [1.807, 2.05) is 10.7 Å². The van der Waals surface area contributed by atoms with Gasteiger partial charge in [0.25, 0.3) is 0 Å². The second-order valence-corrected chi connectivity index (χ2v) is 6.10. The van der Waals surface area contributed by atoms with Gasteiger partial charge in [0.15, 0.2) is 0 Å². The van der Waals surface area contributed by atoms with Crippen LogP contribution in [-0.4, -0.2) is 21.1 Å². The minimum absolute atomic E-state index is 0.704. The molecule has 0 aliphatic heterocycles. The third kappa shape index (κ3) is 2.46. The van der Waals surface area contributed by atoms with Crippen molar-refractivity contribution in [3.8, 4) is 11.3 Å². The molecular weight excluding hydrogens is 268 g/mol. The van der Waals surface area contributed by atoms with Crippen LogP contribution in [0.4, 0.5) is 0 Å². The monoisotopic (exact) mass is 286 g/mol. The number of nitrogens with zero attached hydrogens (tertiary/aromatic N) is 3. The molecule has 2 N–H and O–H groups in total. The Morgan fingerprint density at radius 1 is 1.30 bits per heavy atom. The predicted molar refractivity (Wildman–Crippen MR) is 83.1 cm³/mol. The lowest BCUT2D eigenvalue weighted by atomic mass is 10.0. The highest BCUT2D eigenvalue weighted by Crippen LogP contribution is 2.25. The number of imidazole rings is 1. The van der Waals surface area contributed by atoms with Gasteiger partial charge in [-0.1, -0.05) is 35.1 Å². The van der Waals surface area contributed by atoms with Gasteiger partial charge in [0.1, 0.15) is 5.01 Å². The number of benzene rings is 1. The third-order valence-corrected chi connectivity index (χ3v) is 4.32. The minimum Gasteiger partial charge on any atom is -0.330 e. The van der Waals surface area contributed by atoms with Crippen LogP contribution in [0.2, 0.25) is 0 Å². The van der Waals surface area contributed by atoms with E-state index in [4.69, 9.17) is 5.73 Å². The van der Waals surface area contributed by atoms with E-state index < -0.39 is 0 Å². The molecule has 0 radical (unpaired) electrons. The van der Waals surface area contributed by atoms with Crippen molar-refractivity contribution in [2.45, 2.75) is 26.7 Å². The lowest BCUT2D eigenvalue weighted by molar-refractivity contribution is 0.799. The first kappa shape index (κ1) is 13.3. The molecule has 0 bridgehead atoms. The molecule has 0 spiro atoms. The van der Waals surface area contributed by atoms with Gasteiger partial charge in [0, 0.05) is 12.0 Å². The molecule has 0 aliphatic carbocycles. The number of aryl methyl sites for hydroxylation is 3. The maximum atomic E-state index is 5.53. The van der Waals surface area contributed by atoms with Crippen LogP contribution in [0.3, 0.4) is 0 Å². The summed E-state index contributed by atoms with van der Waals surface area (Å²) in [6.45, 7) is 4.93. The topological polar surface area (TPSA) is 56.2 Å². The van der Waals surface area contributed by atoms with E-state index in [-0.39, 0.29) is 0 Å². The molecule has 20 heavy (non-hydrogen) atoms. The molecule has 0 atom stereocenters. The SMILES string of the molecule is Cc1ccc(-c2cn3nc(CCCN)sc3n2)c(C)c1. The van der Waals surface area contributed by atoms with Crippen LogP contribution in [-0.2, 0) is 6.42 Å². The van der Waals surface area contributed by atoms with Gasteiger partial charge in [0.05, 0.1) is 11.9 Å². The van der Waals surface area contributed by atoms with Crippen LogP contribution in [0.25, 0.3) is 16.2 Å². The van der Waals surface area contributed by atoms with E-state index in [9.17, 15) is 0 Å². The Morgan fingerprint density at radius 3 is 2.85 bits per heavy atom. The van der Waals surface area contributed by atoms with Crippen molar-refractivity contribution in [2.24, 2.45) is 5.73 Å². The van der Waals surface area contributed by atoms with E-state index in [0.29, 0.717) is 6.54 Å². The van der Waals surface area contributed by atoms with Crippen LogP contribution >= 0.6 is 11.3 Å². The number of fused-ring (bicyclic) bond motifs is 1. The Morgan fingerprint density at radius 2 is 2.15 bits per heavy atom. The first-order chi connectivity index (χ1) is 9.67. The van der Waals surface area contributed by atoms with Gasteiger partial charge >= 0.3 is 0 Å². The molecule has 104 valence electrons. The number of hydrogen-bond donors (Lipinski definition) is 1. The molecule has 2 heterocycles. The summed E-state index contributed by atoms with van der Waals surface area (Å²) >= 11 is 1.65. The van der Waals surface area contributed by atoms with Crippen molar-refractivity contribution in [2.75, 3.05) is 6.54 Å².